The van der Waals surface area contributed by atoms with Crippen LogP contribution in [0.3, 0.4) is 0 Å². The average Bonchev–Trinajstić information content (AvgIpc) is 3.46. The number of aromatic nitrogens is 5. The van der Waals surface area contributed by atoms with Gasteiger partial charge in [-0.25, -0.2) is 4.98 Å². The molecule has 0 spiro atoms. The predicted molar refractivity (Wildman–Crippen MR) is 196 cm³/mol. The molecule has 1 saturated heterocycles. The van der Waals surface area contributed by atoms with Gasteiger partial charge in [-0.2, -0.15) is 18.2 Å². The van der Waals surface area contributed by atoms with Crippen molar-refractivity contribution in [2.75, 3.05) is 64.2 Å². The molecule has 2 aliphatic carbocycles. The summed E-state index contributed by atoms with van der Waals surface area (Å²) >= 11 is 0. The lowest BCUT2D eigenvalue weighted by molar-refractivity contribution is -0.139. The number of amides is 1. The van der Waals surface area contributed by atoms with Crippen LogP contribution < -0.4 is 10.2 Å². The summed E-state index contributed by atoms with van der Waals surface area (Å²) in [6, 6.07) is 6.52. The molecule has 0 unspecified atom stereocenters. The number of likely N-dealkylation sites (tertiary alicyclic amines) is 1. The number of aliphatic carboxylic acids is 1. The van der Waals surface area contributed by atoms with Crippen LogP contribution in [-0.2, 0) is 22.3 Å². The molecule has 1 amide bonds. The number of hydrogen-bond donors (Lipinski definition) is 3. The lowest BCUT2D eigenvalue weighted by atomic mass is 9.86. The van der Waals surface area contributed by atoms with E-state index in [0.717, 1.165) is 56.8 Å². The Labute approximate surface area is 311 Å². The lowest BCUT2D eigenvalue weighted by Crippen LogP contribution is -2.37. The van der Waals surface area contributed by atoms with Gasteiger partial charge in [0.15, 0.2) is 5.65 Å². The number of anilines is 2. The molecule has 3 fully saturated rings. The highest BCUT2D eigenvalue weighted by atomic mass is 19.4. The number of methoxy groups -OCH3 is 1. The van der Waals surface area contributed by atoms with Gasteiger partial charge in [-0.1, -0.05) is 18.9 Å². The van der Waals surface area contributed by atoms with Gasteiger partial charge in [0, 0.05) is 75.7 Å². The monoisotopic (exact) mass is 749 g/mol. The smallest absolute Gasteiger partial charge is 0.418 e. The molecule has 0 bridgehead atoms. The van der Waals surface area contributed by atoms with E-state index in [1.165, 1.54) is 6.20 Å². The number of imidazole rings is 1. The number of H-pyrrole nitrogens is 1. The summed E-state index contributed by atoms with van der Waals surface area (Å²) < 4.78 is 48.3. The summed E-state index contributed by atoms with van der Waals surface area (Å²) in [6.45, 7) is 3.40. The van der Waals surface area contributed by atoms with Crippen molar-refractivity contribution < 1.29 is 32.6 Å². The van der Waals surface area contributed by atoms with Crippen molar-refractivity contribution in [1.82, 2.24) is 34.7 Å². The number of ether oxygens (including phenoxy) is 1. The zero-order valence-electron chi connectivity index (χ0n) is 30.7. The van der Waals surface area contributed by atoms with Crippen molar-refractivity contribution >= 4 is 34.7 Å². The van der Waals surface area contributed by atoms with Crippen LogP contribution in [0.4, 0.5) is 24.8 Å². The van der Waals surface area contributed by atoms with E-state index in [0.29, 0.717) is 43.7 Å². The minimum Gasteiger partial charge on any atom is -0.480 e. The molecule has 288 valence electrons. The fourth-order valence-corrected chi connectivity index (χ4v) is 8.11. The maximum atomic E-state index is 14.2. The fraction of sp³-hybridized carbons (Fsp3) is 0.526. The fourth-order valence-electron chi connectivity index (χ4n) is 8.11. The number of halogens is 3. The second-order valence-electron chi connectivity index (χ2n) is 15.2. The average molecular weight is 750 g/mol. The molecular weight excluding hydrogens is 703 g/mol. The van der Waals surface area contributed by atoms with Crippen LogP contribution in [0, 0.1) is 5.41 Å². The summed E-state index contributed by atoms with van der Waals surface area (Å²) in [5, 5.41) is 11.9. The highest BCUT2D eigenvalue weighted by molar-refractivity contribution is 6.03. The molecule has 1 atom stereocenters. The SMILES string of the molecule is COCC1(CN(C)c2cc(-c3cnc(C4CC4)c(C(F)(F)F)c3)nc3nc(NC(=O)c4ccc(CN5CC[C@H](N(C)CC(=O)O)C5)cn4)[nH]c23)CCCC1. The van der Waals surface area contributed by atoms with Gasteiger partial charge >= 0.3 is 12.1 Å². The van der Waals surface area contributed by atoms with Crippen molar-refractivity contribution in [1.29, 1.82) is 0 Å². The second-order valence-corrected chi connectivity index (χ2v) is 15.2. The Hall–Kier alpha value is -4.67. The number of hydrogen-bond acceptors (Lipinski definition) is 10. The maximum Gasteiger partial charge on any atom is 0.418 e. The predicted octanol–water partition coefficient (Wildman–Crippen LogP) is 5.80. The van der Waals surface area contributed by atoms with E-state index in [1.807, 2.05) is 25.1 Å². The Morgan fingerprint density at radius 3 is 2.54 bits per heavy atom. The first-order chi connectivity index (χ1) is 25.8. The Kier molecular flexibility index (Phi) is 10.6. The molecule has 13 nitrogen and oxygen atoms in total. The van der Waals surface area contributed by atoms with Gasteiger partial charge in [0.1, 0.15) is 11.2 Å². The van der Waals surface area contributed by atoms with Crippen LogP contribution in [-0.4, -0.2) is 112 Å². The number of aromatic amines is 1. The third kappa shape index (κ3) is 8.35. The zero-order valence-corrected chi connectivity index (χ0v) is 30.7. The van der Waals surface area contributed by atoms with Crippen LogP contribution >= 0.6 is 0 Å². The van der Waals surface area contributed by atoms with E-state index in [1.54, 1.807) is 25.4 Å². The normalized spacial score (nSPS) is 18.8. The number of fused-ring (bicyclic) bond motifs is 1. The molecule has 0 radical (unpaired) electrons. The zero-order chi connectivity index (χ0) is 38.2. The van der Waals surface area contributed by atoms with Gasteiger partial charge in [0.2, 0.25) is 5.95 Å². The van der Waals surface area contributed by atoms with Crippen LogP contribution in [0.2, 0.25) is 0 Å². The lowest BCUT2D eigenvalue weighted by Gasteiger charge is -2.34. The number of pyridine rings is 3. The third-order valence-electron chi connectivity index (χ3n) is 11.0. The molecule has 0 aromatic carbocycles. The number of carboxylic acids is 1. The summed E-state index contributed by atoms with van der Waals surface area (Å²) in [6.07, 6.45) is 4.96. The molecule has 1 aliphatic heterocycles. The molecule has 4 aromatic heterocycles. The van der Waals surface area contributed by atoms with E-state index in [9.17, 15) is 22.8 Å². The quantitative estimate of drug-likeness (QED) is 0.144. The van der Waals surface area contributed by atoms with Crippen LogP contribution in [0.5, 0.6) is 0 Å². The van der Waals surface area contributed by atoms with Crippen molar-refractivity contribution in [2.45, 2.75) is 69.6 Å². The number of alkyl halides is 3. The van der Waals surface area contributed by atoms with Gasteiger partial charge in [0.05, 0.1) is 35.8 Å². The summed E-state index contributed by atoms with van der Waals surface area (Å²) in [5.74, 6) is -1.40. The first-order valence-corrected chi connectivity index (χ1v) is 18.4. The minimum absolute atomic E-state index is 0.00611. The Bertz CT molecular complexity index is 1990. The molecule has 3 aliphatic rings. The van der Waals surface area contributed by atoms with E-state index >= 15 is 0 Å². The Morgan fingerprint density at radius 2 is 1.87 bits per heavy atom. The topological polar surface area (TPSA) is 153 Å². The van der Waals surface area contributed by atoms with Gasteiger partial charge in [-0.15, -0.1) is 0 Å². The van der Waals surface area contributed by atoms with Gasteiger partial charge in [-0.3, -0.25) is 34.7 Å². The van der Waals surface area contributed by atoms with Gasteiger partial charge in [-0.05, 0) is 62.9 Å². The number of carboxylic acid groups (broad SMARTS) is 1. The van der Waals surface area contributed by atoms with Gasteiger partial charge < -0.3 is 19.7 Å². The highest BCUT2D eigenvalue weighted by Gasteiger charge is 2.40. The van der Waals surface area contributed by atoms with Crippen molar-refractivity contribution in [3.8, 4) is 11.3 Å². The van der Waals surface area contributed by atoms with Crippen molar-refractivity contribution in [3.63, 3.8) is 0 Å². The standard InChI is InChI=1S/C38H46F3N9O4/c1-48(20-31(51)52)26-10-13-50(19-26)18-23-6-9-28(42-16-23)35(53)47-36-45-33-30(49(2)21-37(22-54-3)11-4-5-12-37)15-29(44-34(33)46-36)25-14-27(38(39,40)41)32(43-17-25)24-7-8-24/h6,9,14-17,24,26H,4-5,7-8,10-13,18-22H2,1-3H3,(H,51,52)(H2,44,45,46,47,53)/t26-/m0/s1. The molecule has 4 aromatic rings. The Balaban J connectivity index is 1.13. The Morgan fingerprint density at radius 1 is 1.09 bits per heavy atom. The largest absolute Gasteiger partial charge is 0.480 e. The molecule has 2 saturated carbocycles. The van der Waals surface area contributed by atoms with Crippen LogP contribution in [0.15, 0.2) is 36.7 Å². The molecule has 54 heavy (non-hydrogen) atoms. The van der Waals surface area contributed by atoms with Crippen LogP contribution in [0.1, 0.15) is 78.2 Å². The van der Waals surface area contributed by atoms with Crippen molar-refractivity contribution in [2.24, 2.45) is 5.41 Å². The number of rotatable bonds is 14. The molecule has 5 heterocycles. The van der Waals surface area contributed by atoms with Crippen molar-refractivity contribution in [3.05, 3.63) is 59.2 Å². The van der Waals surface area contributed by atoms with Crippen LogP contribution in [0.25, 0.3) is 22.4 Å². The summed E-state index contributed by atoms with van der Waals surface area (Å²) in [7, 11) is 5.45. The number of nitrogens with one attached hydrogen (secondary N) is 2. The minimum atomic E-state index is -4.56. The van der Waals surface area contributed by atoms with E-state index < -0.39 is 23.6 Å². The summed E-state index contributed by atoms with van der Waals surface area (Å²) in [5.41, 5.74) is 2.29. The van der Waals surface area contributed by atoms with E-state index in [-0.39, 0.29) is 58.2 Å². The van der Waals surface area contributed by atoms with E-state index in [4.69, 9.17) is 9.84 Å². The number of nitrogens with zero attached hydrogens (tertiary/aromatic N) is 7. The molecule has 7 rings (SSSR count). The summed E-state index contributed by atoms with van der Waals surface area (Å²) in [4.78, 5) is 51.7. The number of carbonyl (C=O) groups is 2. The first-order valence-electron chi connectivity index (χ1n) is 18.4. The maximum absolute atomic E-state index is 14.2. The van der Waals surface area contributed by atoms with Gasteiger partial charge in [0.25, 0.3) is 5.91 Å². The molecule has 3 N–H and O–H groups in total. The highest BCUT2D eigenvalue weighted by Crippen LogP contribution is 2.46. The third-order valence-corrected chi connectivity index (χ3v) is 11.0. The number of carbonyl (C=O) groups excluding carboxylic acids is 1. The second kappa shape index (κ2) is 15.2. The van der Waals surface area contributed by atoms with E-state index in [2.05, 4.69) is 40.0 Å². The molecular formula is C38H46F3N9O4. The molecule has 16 heteroatoms. The first kappa shape index (κ1) is 37.6. The number of likely N-dealkylation sites (N-methyl/N-ethyl adjacent to an activating group) is 1.